The van der Waals surface area contributed by atoms with Gasteiger partial charge in [-0.2, -0.15) is 0 Å². The van der Waals surface area contributed by atoms with Crippen molar-refractivity contribution in [3.05, 3.63) is 12.2 Å². The van der Waals surface area contributed by atoms with Crippen LogP contribution >= 0.6 is 0 Å². The first-order chi connectivity index (χ1) is 7.57. The highest BCUT2D eigenvalue weighted by Gasteiger charge is 2.03. The van der Waals surface area contributed by atoms with Crippen molar-refractivity contribution in [2.45, 2.75) is 26.4 Å². The first kappa shape index (κ1) is 14.6. The molecule has 5 heteroatoms. The third kappa shape index (κ3) is 7.91. The highest BCUT2D eigenvalue weighted by atomic mass is 16.5. The van der Waals surface area contributed by atoms with E-state index < -0.39 is 5.97 Å². The Morgan fingerprint density at radius 3 is 2.75 bits per heavy atom. The van der Waals surface area contributed by atoms with E-state index in [1.54, 1.807) is 13.8 Å². The Bertz CT molecular complexity index is 282. The Kier molecular flexibility index (Phi) is 8.03. The molecule has 0 heterocycles. The molecule has 90 valence electrons. The van der Waals surface area contributed by atoms with Crippen LogP contribution in [-0.2, 0) is 19.1 Å². The number of nitrogens with zero attached hydrogens (tertiary/aromatic N) is 1. The van der Waals surface area contributed by atoms with Crippen molar-refractivity contribution < 1.29 is 19.1 Å². The lowest BCUT2D eigenvalue weighted by Gasteiger charge is -2.09. The fourth-order valence-corrected chi connectivity index (χ4v) is 0.850. The molecule has 0 rings (SSSR count). The number of isocyanates is 1. The number of hydrogen-bond acceptors (Lipinski definition) is 5. The van der Waals surface area contributed by atoms with Crippen molar-refractivity contribution >= 4 is 12.0 Å². The summed E-state index contributed by atoms with van der Waals surface area (Å²) in [7, 11) is 0. The van der Waals surface area contributed by atoms with Crippen LogP contribution in [0.15, 0.2) is 17.1 Å². The lowest BCUT2D eigenvalue weighted by atomic mass is 10.3. The van der Waals surface area contributed by atoms with E-state index >= 15 is 0 Å². The van der Waals surface area contributed by atoms with Gasteiger partial charge in [0, 0.05) is 12.0 Å². The van der Waals surface area contributed by atoms with Crippen LogP contribution in [0.3, 0.4) is 0 Å². The topological polar surface area (TPSA) is 65.0 Å². The molecule has 0 saturated heterocycles. The molecule has 0 spiro atoms. The van der Waals surface area contributed by atoms with Gasteiger partial charge in [-0.15, -0.1) is 0 Å². The molecule has 0 aliphatic heterocycles. The average molecular weight is 227 g/mol. The van der Waals surface area contributed by atoms with Crippen LogP contribution in [0.5, 0.6) is 0 Å². The average Bonchev–Trinajstić information content (AvgIpc) is 2.25. The van der Waals surface area contributed by atoms with Crippen molar-refractivity contribution in [3.63, 3.8) is 0 Å². The summed E-state index contributed by atoms with van der Waals surface area (Å²) in [6.07, 6.45) is 1.92. The maximum Gasteiger partial charge on any atom is 0.333 e. The summed E-state index contributed by atoms with van der Waals surface area (Å²) in [5.74, 6) is -0.390. The molecule has 0 fully saturated rings. The third-order valence-corrected chi connectivity index (χ3v) is 1.69. The number of aliphatic imine (C=N–C) groups is 1. The largest absolute Gasteiger partial charge is 0.462 e. The Balaban J connectivity index is 3.43. The molecule has 0 aromatic rings. The van der Waals surface area contributed by atoms with Gasteiger partial charge in [-0.25, -0.2) is 14.6 Å². The van der Waals surface area contributed by atoms with E-state index in [0.717, 1.165) is 0 Å². The molecule has 0 amide bonds. The quantitative estimate of drug-likeness (QED) is 0.206. The number of hydrogen-bond donors (Lipinski definition) is 0. The van der Waals surface area contributed by atoms with Crippen LogP contribution in [0.4, 0.5) is 0 Å². The Hall–Kier alpha value is -1.45. The standard InChI is InChI=1S/C11H17NO4/c1-9(2)11(14)16-6-4-5-15-10(3)7-12-8-13/h10H,1,4-7H2,2-3H3. The molecule has 1 unspecified atom stereocenters. The van der Waals surface area contributed by atoms with Gasteiger partial charge in [-0.05, 0) is 13.8 Å². The van der Waals surface area contributed by atoms with E-state index in [0.29, 0.717) is 31.8 Å². The van der Waals surface area contributed by atoms with Crippen LogP contribution in [-0.4, -0.2) is 37.9 Å². The highest BCUT2D eigenvalue weighted by molar-refractivity contribution is 5.86. The normalized spacial score (nSPS) is 11.4. The Morgan fingerprint density at radius 1 is 1.50 bits per heavy atom. The molecule has 16 heavy (non-hydrogen) atoms. The number of rotatable bonds is 8. The van der Waals surface area contributed by atoms with E-state index in [2.05, 4.69) is 11.6 Å². The van der Waals surface area contributed by atoms with Crippen LogP contribution in [0.25, 0.3) is 0 Å². The zero-order valence-corrected chi connectivity index (χ0v) is 9.69. The predicted molar refractivity (Wildman–Crippen MR) is 58.8 cm³/mol. The summed E-state index contributed by atoms with van der Waals surface area (Å²) in [5, 5.41) is 0. The van der Waals surface area contributed by atoms with Gasteiger partial charge in [0.1, 0.15) is 0 Å². The minimum Gasteiger partial charge on any atom is -0.462 e. The molecule has 0 aliphatic rings. The molecule has 0 aromatic heterocycles. The predicted octanol–water partition coefficient (Wildman–Crippen LogP) is 1.24. The van der Waals surface area contributed by atoms with E-state index in [-0.39, 0.29) is 6.10 Å². The summed E-state index contributed by atoms with van der Waals surface area (Å²) in [5.41, 5.74) is 0.384. The van der Waals surface area contributed by atoms with E-state index in [9.17, 15) is 9.59 Å². The van der Waals surface area contributed by atoms with Gasteiger partial charge in [-0.1, -0.05) is 6.58 Å². The van der Waals surface area contributed by atoms with Gasteiger partial charge >= 0.3 is 5.97 Å². The SMILES string of the molecule is C=C(C)C(=O)OCCCOC(C)CN=C=O. The second kappa shape index (κ2) is 8.83. The molecule has 1 atom stereocenters. The van der Waals surface area contributed by atoms with Crippen LogP contribution in [0.2, 0.25) is 0 Å². The van der Waals surface area contributed by atoms with Crippen molar-refractivity contribution in [3.8, 4) is 0 Å². The fourth-order valence-electron chi connectivity index (χ4n) is 0.850. The molecule has 0 aliphatic carbocycles. The summed E-state index contributed by atoms with van der Waals surface area (Å²) < 4.78 is 10.2. The summed E-state index contributed by atoms with van der Waals surface area (Å²) in [6.45, 7) is 7.92. The monoisotopic (exact) mass is 227 g/mol. The summed E-state index contributed by atoms with van der Waals surface area (Å²) in [6, 6.07) is 0. The molecule has 0 saturated carbocycles. The molecular formula is C11H17NO4. The van der Waals surface area contributed by atoms with Crippen LogP contribution in [0, 0.1) is 0 Å². The van der Waals surface area contributed by atoms with E-state index in [1.165, 1.54) is 6.08 Å². The zero-order valence-electron chi connectivity index (χ0n) is 9.69. The van der Waals surface area contributed by atoms with Crippen molar-refractivity contribution in [1.82, 2.24) is 0 Å². The van der Waals surface area contributed by atoms with Gasteiger partial charge < -0.3 is 9.47 Å². The third-order valence-electron chi connectivity index (χ3n) is 1.69. The Labute approximate surface area is 95.1 Å². The van der Waals surface area contributed by atoms with Gasteiger partial charge in [0.15, 0.2) is 0 Å². The minimum atomic E-state index is -0.390. The first-order valence-electron chi connectivity index (χ1n) is 5.05. The van der Waals surface area contributed by atoms with Gasteiger partial charge in [0.25, 0.3) is 0 Å². The van der Waals surface area contributed by atoms with Crippen LogP contribution < -0.4 is 0 Å². The minimum absolute atomic E-state index is 0.127. The number of ether oxygens (including phenoxy) is 2. The smallest absolute Gasteiger partial charge is 0.333 e. The fraction of sp³-hybridized carbons (Fsp3) is 0.636. The summed E-state index contributed by atoms with van der Waals surface area (Å²) in [4.78, 5) is 24.2. The van der Waals surface area contributed by atoms with Gasteiger partial charge in [-0.3, -0.25) is 0 Å². The summed E-state index contributed by atoms with van der Waals surface area (Å²) >= 11 is 0. The molecular weight excluding hydrogens is 210 g/mol. The number of esters is 1. The van der Waals surface area contributed by atoms with Crippen LogP contribution in [0.1, 0.15) is 20.3 Å². The highest BCUT2D eigenvalue weighted by Crippen LogP contribution is 1.96. The second-order valence-electron chi connectivity index (χ2n) is 3.38. The maximum atomic E-state index is 11.0. The molecule has 0 radical (unpaired) electrons. The second-order valence-corrected chi connectivity index (χ2v) is 3.38. The molecule has 5 nitrogen and oxygen atoms in total. The van der Waals surface area contributed by atoms with E-state index in [4.69, 9.17) is 9.47 Å². The number of carbonyl (C=O) groups is 1. The lowest BCUT2D eigenvalue weighted by Crippen LogP contribution is -2.14. The van der Waals surface area contributed by atoms with Crippen molar-refractivity contribution in [2.75, 3.05) is 19.8 Å². The molecule has 0 N–H and O–H groups in total. The maximum absolute atomic E-state index is 11.0. The van der Waals surface area contributed by atoms with Gasteiger partial charge in [0.05, 0.1) is 25.9 Å². The number of carbonyl (C=O) groups excluding carboxylic acids is 2. The first-order valence-corrected chi connectivity index (χ1v) is 5.05. The molecule has 0 aromatic carbocycles. The molecule has 0 bridgehead atoms. The van der Waals surface area contributed by atoms with Crippen molar-refractivity contribution in [2.24, 2.45) is 4.99 Å². The van der Waals surface area contributed by atoms with Crippen molar-refractivity contribution in [1.29, 1.82) is 0 Å². The Morgan fingerprint density at radius 2 is 2.19 bits per heavy atom. The lowest BCUT2D eigenvalue weighted by molar-refractivity contribution is -0.139. The van der Waals surface area contributed by atoms with E-state index in [1.807, 2.05) is 0 Å². The zero-order chi connectivity index (χ0) is 12.4. The van der Waals surface area contributed by atoms with Gasteiger partial charge in [0.2, 0.25) is 6.08 Å².